The lowest BCUT2D eigenvalue weighted by atomic mass is 10.1. The molecule has 1 aromatic rings. The molecule has 0 spiro atoms. The fourth-order valence-electron chi connectivity index (χ4n) is 2.79. The Bertz CT molecular complexity index is 452. The number of nitrogens with zero attached hydrogens (tertiary/aromatic N) is 1. The summed E-state index contributed by atoms with van der Waals surface area (Å²) < 4.78 is 0. The molecule has 0 heterocycles. The van der Waals surface area contributed by atoms with Crippen LogP contribution in [0.15, 0.2) is 42.5 Å². The molecule has 0 aromatic heterocycles. The molecule has 0 aliphatic heterocycles. The van der Waals surface area contributed by atoms with E-state index in [1.165, 1.54) is 51.4 Å². The van der Waals surface area contributed by atoms with Crippen molar-refractivity contribution in [3.05, 3.63) is 42.5 Å². The van der Waals surface area contributed by atoms with Crippen molar-refractivity contribution in [2.45, 2.75) is 77.6 Å². The molecule has 0 saturated heterocycles. The number of rotatable bonds is 13. The first-order valence-corrected chi connectivity index (χ1v) is 9.72. The zero-order chi connectivity index (χ0) is 17.5. The smallest absolute Gasteiger partial charge is 0.226 e. The molecule has 0 N–H and O–H groups in total. The van der Waals surface area contributed by atoms with Crippen LogP contribution in [0.25, 0.3) is 0 Å². The van der Waals surface area contributed by atoms with Gasteiger partial charge in [-0.1, -0.05) is 75.8 Å². The predicted octanol–water partition coefficient (Wildman–Crippen LogP) is 6.52. The van der Waals surface area contributed by atoms with Gasteiger partial charge in [0.2, 0.25) is 5.91 Å². The van der Waals surface area contributed by atoms with Crippen molar-refractivity contribution >= 4 is 11.6 Å². The van der Waals surface area contributed by atoms with Crippen LogP contribution in [-0.4, -0.2) is 13.0 Å². The summed E-state index contributed by atoms with van der Waals surface area (Å²) >= 11 is 0. The van der Waals surface area contributed by atoms with Gasteiger partial charge in [0.25, 0.3) is 0 Å². The highest BCUT2D eigenvalue weighted by Crippen LogP contribution is 2.13. The zero-order valence-electron chi connectivity index (χ0n) is 15.7. The number of hydrogen-bond donors (Lipinski definition) is 0. The molecule has 2 nitrogen and oxygen atoms in total. The van der Waals surface area contributed by atoms with Crippen LogP contribution in [0.4, 0.5) is 5.69 Å². The van der Waals surface area contributed by atoms with Gasteiger partial charge in [0.1, 0.15) is 0 Å². The number of hydrogen-bond acceptors (Lipinski definition) is 1. The van der Waals surface area contributed by atoms with E-state index in [4.69, 9.17) is 0 Å². The van der Waals surface area contributed by atoms with Crippen LogP contribution >= 0.6 is 0 Å². The van der Waals surface area contributed by atoms with Crippen LogP contribution in [0.2, 0.25) is 0 Å². The number of benzene rings is 1. The third-order valence-electron chi connectivity index (χ3n) is 4.42. The van der Waals surface area contributed by atoms with E-state index in [0.29, 0.717) is 6.42 Å². The Morgan fingerprint density at radius 3 is 2.12 bits per heavy atom. The molecule has 0 unspecified atom stereocenters. The Balaban J connectivity index is 2.00. The first kappa shape index (κ1) is 20.5. The second-order valence-corrected chi connectivity index (χ2v) is 6.56. The summed E-state index contributed by atoms with van der Waals surface area (Å²) in [4.78, 5) is 13.9. The molecule has 1 amide bonds. The number of carbonyl (C=O) groups excluding carboxylic acids is 1. The van der Waals surface area contributed by atoms with Gasteiger partial charge in [0.05, 0.1) is 0 Å². The zero-order valence-corrected chi connectivity index (χ0v) is 15.7. The molecule has 0 saturated carbocycles. The average molecular weight is 330 g/mol. The summed E-state index contributed by atoms with van der Waals surface area (Å²) in [6.45, 7) is 2.26. The molecule has 0 bridgehead atoms. The largest absolute Gasteiger partial charge is 0.316 e. The van der Waals surface area contributed by atoms with Crippen LogP contribution < -0.4 is 4.90 Å². The summed E-state index contributed by atoms with van der Waals surface area (Å²) in [7, 11) is 1.86. The number of amides is 1. The third kappa shape index (κ3) is 9.54. The molecular weight excluding hydrogens is 294 g/mol. The van der Waals surface area contributed by atoms with E-state index >= 15 is 0 Å². The molecule has 0 fully saturated rings. The molecule has 0 atom stereocenters. The quantitative estimate of drug-likeness (QED) is 0.298. The second kappa shape index (κ2) is 13.8. The fourth-order valence-corrected chi connectivity index (χ4v) is 2.79. The highest BCUT2D eigenvalue weighted by Gasteiger charge is 2.09. The molecule has 0 aliphatic rings. The maximum atomic E-state index is 12.1. The Kier molecular flexibility index (Phi) is 11.8. The number of anilines is 1. The predicted molar refractivity (Wildman–Crippen MR) is 105 cm³/mol. The fraction of sp³-hybridized carbons (Fsp3) is 0.591. The molecule has 1 rings (SSSR count). The maximum absolute atomic E-state index is 12.1. The Morgan fingerprint density at radius 2 is 1.46 bits per heavy atom. The van der Waals surface area contributed by atoms with Gasteiger partial charge in [-0.15, -0.1) is 0 Å². The average Bonchev–Trinajstić information content (AvgIpc) is 2.62. The van der Waals surface area contributed by atoms with E-state index < -0.39 is 0 Å². The topological polar surface area (TPSA) is 20.3 Å². The van der Waals surface area contributed by atoms with Gasteiger partial charge in [-0.05, 0) is 37.8 Å². The lowest BCUT2D eigenvalue weighted by Gasteiger charge is -2.16. The molecular formula is C22H35NO. The summed E-state index contributed by atoms with van der Waals surface area (Å²) in [6, 6.07) is 9.84. The summed E-state index contributed by atoms with van der Waals surface area (Å²) in [6.07, 6.45) is 17.8. The van der Waals surface area contributed by atoms with E-state index in [9.17, 15) is 4.79 Å². The number of allylic oxidation sites excluding steroid dienone is 2. The highest BCUT2D eigenvalue weighted by molar-refractivity contribution is 5.92. The minimum Gasteiger partial charge on any atom is -0.316 e. The van der Waals surface area contributed by atoms with E-state index in [-0.39, 0.29) is 5.91 Å². The van der Waals surface area contributed by atoms with Crippen LogP contribution in [0, 0.1) is 0 Å². The van der Waals surface area contributed by atoms with Gasteiger partial charge in [-0.3, -0.25) is 4.79 Å². The molecule has 2 heteroatoms. The molecule has 0 aliphatic carbocycles. The Labute approximate surface area is 149 Å². The highest BCUT2D eigenvalue weighted by atomic mass is 16.2. The summed E-state index contributed by atoms with van der Waals surface area (Å²) in [5, 5.41) is 0. The van der Waals surface area contributed by atoms with Gasteiger partial charge in [0.15, 0.2) is 0 Å². The van der Waals surface area contributed by atoms with Crippen molar-refractivity contribution in [1.29, 1.82) is 0 Å². The lowest BCUT2D eigenvalue weighted by molar-refractivity contribution is -0.118. The van der Waals surface area contributed by atoms with Crippen LogP contribution in [0.1, 0.15) is 77.6 Å². The van der Waals surface area contributed by atoms with Gasteiger partial charge < -0.3 is 4.90 Å². The first-order valence-electron chi connectivity index (χ1n) is 9.72. The van der Waals surface area contributed by atoms with Gasteiger partial charge in [-0.2, -0.15) is 0 Å². The van der Waals surface area contributed by atoms with Crippen molar-refractivity contribution in [2.24, 2.45) is 0 Å². The molecule has 134 valence electrons. The van der Waals surface area contributed by atoms with E-state index in [1.54, 1.807) is 4.90 Å². The lowest BCUT2D eigenvalue weighted by Crippen LogP contribution is -2.25. The van der Waals surface area contributed by atoms with Crippen molar-refractivity contribution in [3.8, 4) is 0 Å². The van der Waals surface area contributed by atoms with E-state index in [2.05, 4.69) is 19.1 Å². The van der Waals surface area contributed by atoms with Crippen LogP contribution in [0.3, 0.4) is 0 Å². The third-order valence-corrected chi connectivity index (χ3v) is 4.42. The minimum atomic E-state index is 0.196. The first-order chi connectivity index (χ1) is 11.8. The maximum Gasteiger partial charge on any atom is 0.226 e. The number of carbonyl (C=O) groups is 1. The SMILES string of the molecule is CCCCCCCCC/C=C/CCCC(=O)N(C)c1ccccc1. The molecule has 0 radical (unpaired) electrons. The number of unbranched alkanes of at least 4 members (excludes halogenated alkanes) is 8. The molecule has 1 aromatic carbocycles. The Morgan fingerprint density at radius 1 is 0.875 bits per heavy atom. The van der Waals surface area contributed by atoms with Crippen LogP contribution in [0.5, 0.6) is 0 Å². The monoisotopic (exact) mass is 329 g/mol. The van der Waals surface area contributed by atoms with Gasteiger partial charge in [0, 0.05) is 19.2 Å². The van der Waals surface area contributed by atoms with Gasteiger partial charge in [-0.25, -0.2) is 0 Å². The van der Waals surface area contributed by atoms with E-state index in [0.717, 1.165) is 18.5 Å². The molecule has 24 heavy (non-hydrogen) atoms. The van der Waals surface area contributed by atoms with Crippen LogP contribution in [-0.2, 0) is 4.79 Å². The van der Waals surface area contributed by atoms with Crippen molar-refractivity contribution in [1.82, 2.24) is 0 Å². The second-order valence-electron chi connectivity index (χ2n) is 6.56. The van der Waals surface area contributed by atoms with Crippen molar-refractivity contribution < 1.29 is 4.79 Å². The standard InChI is InChI=1S/C22H35NO/c1-3-4-5-6-7-8-9-10-11-12-13-17-20-22(24)23(2)21-18-15-14-16-19-21/h11-12,14-16,18-19H,3-10,13,17,20H2,1-2H3/b12-11+. The summed E-state index contributed by atoms with van der Waals surface area (Å²) in [5.41, 5.74) is 0.969. The Hall–Kier alpha value is -1.57. The normalized spacial score (nSPS) is 11.1. The number of para-hydroxylation sites is 1. The summed E-state index contributed by atoms with van der Waals surface area (Å²) in [5.74, 6) is 0.196. The van der Waals surface area contributed by atoms with Gasteiger partial charge >= 0.3 is 0 Å². The van der Waals surface area contributed by atoms with E-state index in [1.807, 2.05) is 37.4 Å². The van der Waals surface area contributed by atoms with Crippen molar-refractivity contribution in [3.63, 3.8) is 0 Å². The van der Waals surface area contributed by atoms with Crippen molar-refractivity contribution in [2.75, 3.05) is 11.9 Å². The minimum absolute atomic E-state index is 0.196.